The number of carbonyl (C=O) groups is 2. The predicted molar refractivity (Wildman–Crippen MR) is 86.3 cm³/mol. The van der Waals surface area contributed by atoms with Crippen molar-refractivity contribution < 1.29 is 14.1 Å². The zero-order chi connectivity index (χ0) is 17.0. The average Bonchev–Trinajstić information content (AvgIpc) is 2.91. The molecule has 0 spiro atoms. The van der Waals surface area contributed by atoms with Crippen LogP contribution in [-0.2, 0) is 4.79 Å². The van der Waals surface area contributed by atoms with E-state index in [1.54, 1.807) is 14.0 Å². The number of aromatic nitrogens is 1. The van der Waals surface area contributed by atoms with Crippen molar-refractivity contribution in [2.24, 2.45) is 0 Å². The monoisotopic (exact) mass is 322 g/mol. The van der Waals surface area contributed by atoms with Crippen molar-refractivity contribution in [3.8, 4) is 0 Å². The lowest BCUT2D eigenvalue weighted by Gasteiger charge is -2.31. The highest BCUT2D eigenvalue weighted by Gasteiger charge is 2.26. The van der Waals surface area contributed by atoms with Crippen LogP contribution < -0.4 is 10.6 Å². The van der Waals surface area contributed by atoms with Gasteiger partial charge in [-0.2, -0.15) is 0 Å². The van der Waals surface area contributed by atoms with Gasteiger partial charge in [0.25, 0.3) is 5.91 Å². The van der Waals surface area contributed by atoms with Crippen molar-refractivity contribution in [3.05, 3.63) is 17.0 Å². The molecule has 2 heterocycles. The van der Waals surface area contributed by atoms with E-state index in [-0.39, 0.29) is 23.8 Å². The molecule has 23 heavy (non-hydrogen) atoms. The molecule has 0 atom stereocenters. The van der Waals surface area contributed by atoms with Crippen molar-refractivity contribution in [1.82, 2.24) is 20.7 Å². The highest BCUT2D eigenvalue weighted by molar-refractivity contribution is 5.96. The van der Waals surface area contributed by atoms with Gasteiger partial charge in [-0.1, -0.05) is 19.0 Å². The number of piperidine rings is 1. The van der Waals surface area contributed by atoms with Gasteiger partial charge in [0.2, 0.25) is 5.91 Å². The number of aryl methyl sites for hydroxylation is 1. The Morgan fingerprint density at radius 2 is 2.00 bits per heavy atom. The van der Waals surface area contributed by atoms with Gasteiger partial charge in [0.05, 0.1) is 12.2 Å². The molecule has 1 aromatic heterocycles. The Balaban J connectivity index is 1.90. The van der Waals surface area contributed by atoms with Crippen LogP contribution in [-0.4, -0.2) is 54.6 Å². The van der Waals surface area contributed by atoms with Crippen molar-refractivity contribution in [2.45, 2.75) is 45.6 Å². The first kappa shape index (κ1) is 17.5. The van der Waals surface area contributed by atoms with E-state index in [4.69, 9.17) is 4.52 Å². The van der Waals surface area contributed by atoms with Crippen LogP contribution in [0.25, 0.3) is 0 Å². The van der Waals surface area contributed by atoms with Crippen molar-refractivity contribution >= 4 is 11.8 Å². The van der Waals surface area contributed by atoms with Crippen LogP contribution in [0.3, 0.4) is 0 Å². The molecule has 0 aromatic carbocycles. The quantitative estimate of drug-likeness (QED) is 0.846. The molecule has 0 bridgehead atoms. The summed E-state index contributed by atoms with van der Waals surface area (Å²) in [6.45, 7) is 7.77. The maximum atomic E-state index is 12.5. The third kappa shape index (κ3) is 4.31. The van der Waals surface area contributed by atoms with E-state index < -0.39 is 0 Å². The molecule has 7 nitrogen and oxygen atoms in total. The first-order valence-electron chi connectivity index (χ1n) is 8.12. The number of amides is 2. The van der Waals surface area contributed by atoms with E-state index in [2.05, 4.69) is 20.7 Å². The predicted octanol–water partition coefficient (Wildman–Crippen LogP) is 1.05. The van der Waals surface area contributed by atoms with Crippen LogP contribution in [0.4, 0.5) is 0 Å². The molecule has 1 aliphatic heterocycles. The second-order valence-corrected chi connectivity index (χ2v) is 6.36. The van der Waals surface area contributed by atoms with Gasteiger partial charge in [-0.25, -0.2) is 0 Å². The first-order valence-corrected chi connectivity index (χ1v) is 8.12. The molecule has 1 fully saturated rings. The summed E-state index contributed by atoms with van der Waals surface area (Å²) in [5, 5.41) is 9.63. The Bertz CT molecular complexity index is 560. The van der Waals surface area contributed by atoms with Gasteiger partial charge in [-0.3, -0.25) is 14.5 Å². The molecular weight excluding hydrogens is 296 g/mol. The van der Waals surface area contributed by atoms with E-state index in [0.29, 0.717) is 23.6 Å². The summed E-state index contributed by atoms with van der Waals surface area (Å²) in [4.78, 5) is 26.0. The Morgan fingerprint density at radius 1 is 1.35 bits per heavy atom. The number of carbonyl (C=O) groups excluding carboxylic acids is 2. The first-order chi connectivity index (χ1) is 10.9. The Kier molecular flexibility index (Phi) is 5.76. The van der Waals surface area contributed by atoms with Crippen LogP contribution in [0.2, 0.25) is 0 Å². The molecular formula is C16H26N4O3. The maximum Gasteiger partial charge on any atom is 0.257 e. The lowest BCUT2D eigenvalue weighted by atomic mass is 10.0. The van der Waals surface area contributed by atoms with Gasteiger partial charge >= 0.3 is 0 Å². The van der Waals surface area contributed by atoms with Crippen LogP contribution in [0.1, 0.15) is 54.4 Å². The minimum atomic E-state index is -0.114. The van der Waals surface area contributed by atoms with Crippen molar-refractivity contribution in [3.63, 3.8) is 0 Å². The highest BCUT2D eigenvalue weighted by atomic mass is 16.5. The van der Waals surface area contributed by atoms with Gasteiger partial charge in [0.15, 0.2) is 5.76 Å². The summed E-state index contributed by atoms with van der Waals surface area (Å²) >= 11 is 0. The standard InChI is InChI=1S/C16H26N4O3/c1-10(2)15-14(11(3)19-23-15)16(22)18-12-5-7-20(8-6-12)9-13(21)17-4/h10,12H,5-9H2,1-4H3,(H,17,21)(H,18,22). The number of likely N-dealkylation sites (N-methyl/N-ethyl adjacent to an activating group) is 1. The van der Waals surface area contributed by atoms with Crippen molar-refractivity contribution in [1.29, 1.82) is 0 Å². The fourth-order valence-corrected chi connectivity index (χ4v) is 2.83. The number of rotatable bonds is 5. The zero-order valence-electron chi connectivity index (χ0n) is 14.3. The maximum absolute atomic E-state index is 12.5. The Morgan fingerprint density at radius 3 is 2.57 bits per heavy atom. The molecule has 0 unspecified atom stereocenters. The van der Waals surface area contributed by atoms with E-state index in [1.165, 1.54) is 0 Å². The van der Waals surface area contributed by atoms with E-state index in [1.807, 2.05) is 13.8 Å². The van der Waals surface area contributed by atoms with Gasteiger partial charge < -0.3 is 15.2 Å². The minimum Gasteiger partial charge on any atom is -0.360 e. The van der Waals surface area contributed by atoms with Crippen LogP contribution >= 0.6 is 0 Å². The van der Waals surface area contributed by atoms with Crippen molar-refractivity contribution in [2.75, 3.05) is 26.7 Å². The van der Waals surface area contributed by atoms with Gasteiger partial charge in [-0.05, 0) is 19.8 Å². The number of nitrogens with zero attached hydrogens (tertiary/aromatic N) is 2. The zero-order valence-corrected chi connectivity index (χ0v) is 14.3. The van der Waals surface area contributed by atoms with Crippen LogP contribution in [0.15, 0.2) is 4.52 Å². The smallest absolute Gasteiger partial charge is 0.257 e. The normalized spacial score (nSPS) is 16.6. The number of nitrogens with one attached hydrogen (secondary N) is 2. The molecule has 2 rings (SSSR count). The summed E-state index contributed by atoms with van der Waals surface area (Å²) in [5.41, 5.74) is 1.19. The lowest BCUT2D eigenvalue weighted by molar-refractivity contribution is -0.122. The van der Waals surface area contributed by atoms with E-state index >= 15 is 0 Å². The highest BCUT2D eigenvalue weighted by Crippen LogP contribution is 2.22. The molecule has 1 aliphatic rings. The van der Waals surface area contributed by atoms with Gasteiger partial charge in [0.1, 0.15) is 5.56 Å². The molecule has 2 amide bonds. The molecule has 0 aliphatic carbocycles. The largest absolute Gasteiger partial charge is 0.360 e. The number of hydrogen-bond acceptors (Lipinski definition) is 5. The Hall–Kier alpha value is -1.89. The van der Waals surface area contributed by atoms with Gasteiger partial charge in [-0.15, -0.1) is 0 Å². The van der Waals surface area contributed by atoms with E-state index in [9.17, 15) is 9.59 Å². The SMILES string of the molecule is CNC(=O)CN1CCC(NC(=O)c2c(C)noc2C(C)C)CC1. The number of hydrogen-bond donors (Lipinski definition) is 2. The fourth-order valence-electron chi connectivity index (χ4n) is 2.83. The minimum absolute atomic E-state index is 0.0224. The topological polar surface area (TPSA) is 87.5 Å². The molecule has 7 heteroatoms. The van der Waals surface area contributed by atoms with Crippen LogP contribution in [0, 0.1) is 6.92 Å². The summed E-state index contributed by atoms with van der Waals surface area (Å²) in [5.74, 6) is 0.662. The molecule has 0 radical (unpaired) electrons. The third-order valence-corrected chi connectivity index (χ3v) is 4.21. The summed E-state index contributed by atoms with van der Waals surface area (Å²) < 4.78 is 5.28. The average molecular weight is 322 g/mol. The lowest BCUT2D eigenvalue weighted by Crippen LogP contribution is -2.47. The molecule has 1 aromatic rings. The summed E-state index contributed by atoms with van der Waals surface area (Å²) in [7, 11) is 1.64. The van der Waals surface area contributed by atoms with Crippen LogP contribution in [0.5, 0.6) is 0 Å². The molecule has 1 saturated heterocycles. The molecule has 128 valence electrons. The summed E-state index contributed by atoms with van der Waals surface area (Å²) in [6.07, 6.45) is 1.67. The number of likely N-dealkylation sites (tertiary alicyclic amines) is 1. The molecule has 0 saturated carbocycles. The third-order valence-electron chi connectivity index (χ3n) is 4.21. The second-order valence-electron chi connectivity index (χ2n) is 6.36. The molecule has 2 N–H and O–H groups in total. The second kappa shape index (κ2) is 7.59. The van der Waals surface area contributed by atoms with E-state index in [0.717, 1.165) is 25.9 Å². The fraction of sp³-hybridized carbons (Fsp3) is 0.688. The van der Waals surface area contributed by atoms with Gasteiger partial charge in [0, 0.05) is 32.1 Å². The summed E-state index contributed by atoms with van der Waals surface area (Å²) in [6, 6.07) is 0.123. The Labute approximate surface area is 136 Å².